The first-order valence-corrected chi connectivity index (χ1v) is 8.92. The van der Waals surface area contributed by atoms with Crippen LogP contribution in [0.1, 0.15) is 27.6 Å². The molecule has 0 aromatic heterocycles. The normalized spacial score (nSPS) is 10.7. The molecule has 0 aliphatic rings. The van der Waals surface area contributed by atoms with Gasteiger partial charge in [-0.25, -0.2) is 0 Å². The quantitative estimate of drug-likeness (QED) is 0.695. The van der Waals surface area contributed by atoms with E-state index in [9.17, 15) is 9.59 Å². The Balaban J connectivity index is 2.01. The molecule has 0 unspecified atom stereocenters. The van der Waals surface area contributed by atoms with Gasteiger partial charge in [0.2, 0.25) is 0 Å². The zero-order valence-corrected chi connectivity index (χ0v) is 13.6. The molecule has 0 fully saturated rings. The molecule has 2 aromatic carbocycles. The van der Waals surface area contributed by atoms with Crippen LogP contribution < -0.4 is 3.83 Å². The maximum atomic E-state index is 12.1. The number of nitrogens with one attached hydrogen (secondary N) is 2. The predicted molar refractivity (Wildman–Crippen MR) is 79.4 cm³/mol. The van der Waals surface area contributed by atoms with Gasteiger partial charge in [-0.1, -0.05) is 0 Å². The number of benzene rings is 2. The van der Waals surface area contributed by atoms with E-state index in [4.69, 9.17) is 1.55 Å². The van der Waals surface area contributed by atoms with Crippen molar-refractivity contribution in [3.05, 3.63) is 71.8 Å². The summed E-state index contributed by atoms with van der Waals surface area (Å²) in [5.41, 5.74) is 1.06. The molecule has 0 aliphatic heterocycles. The minimum atomic E-state index is -2.09. The van der Waals surface area contributed by atoms with Crippen LogP contribution in [0.3, 0.4) is 0 Å². The number of carbonyl (C=O) groups is 2. The third kappa shape index (κ3) is 5.09. The zero-order chi connectivity index (χ0) is 15.8. The van der Waals surface area contributed by atoms with Gasteiger partial charge in [0.25, 0.3) is 0 Å². The van der Waals surface area contributed by atoms with Crippen LogP contribution in [-0.2, 0) is 1.55 Å². The molecule has 0 heterocycles. The molecule has 0 aliphatic carbocycles. The van der Waals surface area contributed by atoms with Gasteiger partial charge in [0.15, 0.2) is 0 Å². The number of amides is 2. The van der Waals surface area contributed by atoms with Crippen molar-refractivity contribution in [2.45, 2.75) is 6.92 Å². The van der Waals surface area contributed by atoms with Crippen LogP contribution in [0.4, 0.5) is 0 Å². The molecule has 2 aromatic rings. The average molecular weight is 460 g/mol. The number of rotatable bonds is 6. The molecular formula is C16H17LuN2O3. The molecule has 22 heavy (non-hydrogen) atoms. The van der Waals surface area contributed by atoms with E-state index >= 15 is 0 Å². The van der Waals surface area contributed by atoms with Crippen LogP contribution in [0.5, 0.6) is 0 Å². The first-order valence-electron chi connectivity index (χ1n) is 6.59. The summed E-state index contributed by atoms with van der Waals surface area (Å²) in [6, 6.07) is 17.6. The van der Waals surface area contributed by atoms with E-state index in [2.05, 4.69) is 3.83 Å². The van der Waals surface area contributed by atoms with Gasteiger partial charge < -0.3 is 0 Å². The van der Waals surface area contributed by atoms with Gasteiger partial charge in [0, 0.05) is 0 Å². The summed E-state index contributed by atoms with van der Waals surface area (Å²) in [5.74, 6) is -0.526. The van der Waals surface area contributed by atoms with Gasteiger partial charge >= 0.3 is 145 Å². The number of carbonyl (C=O) groups excluding carboxylic acids is 2. The second kappa shape index (κ2) is 8.88. The molecule has 0 saturated heterocycles. The Morgan fingerprint density at radius 1 is 0.864 bits per heavy atom. The number of hydrogen-bond donors (Lipinski definition) is 2. The second-order valence-corrected chi connectivity index (χ2v) is 6.45. The SMILES string of the molecule is CC[O][Lu]([NH]C(=O)c1ccccc1)[NH]C(=O)c1ccccc1. The van der Waals surface area contributed by atoms with E-state index in [-0.39, 0.29) is 11.8 Å². The van der Waals surface area contributed by atoms with Crippen molar-refractivity contribution in [3.63, 3.8) is 0 Å². The van der Waals surface area contributed by atoms with Gasteiger partial charge in [-0.05, 0) is 0 Å². The predicted octanol–water partition coefficient (Wildman–Crippen LogP) is 2.25. The van der Waals surface area contributed by atoms with Crippen molar-refractivity contribution in [1.29, 1.82) is 0 Å². The first kappa shape index (κ1) is 16.9. The Hall–Kier alpha value is -1.43. The topological polar surface area (TPSA) is 67.4 Å². The Labute approximate surface area is 143 Å². The molecule has 2 N–H and O–H groups in total. The van der Waals surface area contributed by atoms with Gasteiger partial charge in [-0.2, -0.15) is 0 Å². The molecule has 5 nitrogen and oxygen atoms in total. The van der Waals surface area contributed by atoms with Crippen molar-refractivity contribution in [1.82, 2.24) is 3.83 Å². The molecule has 2 rings (SSSR count). The van der Waals surface area contributed by atoms with Crippen molar-refractivity contribution in [2.75, 3.05) is 6.61 Å². The Bertz CT molecular complexity index is 566. The van der Waals surface area contributed by atoms with E-state index in [0.29, 0.717) is 17.7 Å². The fourth-order valence-electron chi connectivity index (χ4n) is 1.49. The summed E-state index contributed by atoms with van der Waals surface area (Å²) in [4.78, 5) is 24.3. The van der Waals surface area contributed by atoms with Crippen molar-refractivity contribution >= 4 is 11.8 Å². The van der Waals surface area contributed by atoms with Crippen LogP contribution in [0.15, 0.2) is 60.7 Å². The van der Waals surface area contributed by atoms with E-state index in [1.165, 1.54) is 0 Å². The van der Waals surface area contributed by atoms with Crippen LogP contribution in [0, 0.1) is 32.4 Å². The van der Waals surface area contributed by atoms with Gasteiger partial charge in [0.1, 0.15) is 0 Å². The summed E-state index contributed by atoms with van der Waals surface area (Å²) in [6.07, 6.45) is 0. The van der Waals surface area contributed by atoms with E-state index in [1.54, 1.807) is 48.5 Å². The van der Waals surface area contributed by atoms with Crippen molar-refractivity contribution in [3.8, 4) is 0 Å². The third-order valence-electron chi connectivity index (χ3n) is 2.46. The fraction of sp³-hybridized carbons (Fsp3) is 0.125. The molecule has 0 radical (unpaired) electrons. The standard InChI is InChI=1S/2C7H7NO.C2H5O.Lu/c2*8-7(9)6-4-2-1-3-5-6;1-2-3;/h2*1-5H,(H2,8,9);2H2,1H3;/q;;-1;+3/p-2. The molecule has 2 amide bonds. The van der Waals surface area contributed by atoms with Gasteiger partial charge in [-0.15, -0.1) is 0 Å². The van der Waals surface area contributed by atoms with Gasteiger partial charge in [-0.3, -0.25) is 0 Å². The molecular weight excluding hydrogens is 443 g/mol. The zero-order valence-electron chi connectivity index (χ0n) is 12.0. The monoisotopic (exact) mass is 460 g/mol. The third-order valence-corrected chi connectivity index (χ3v) is 4.92. The minimum absolute atomic E-state index is 0.263. The molecule has 0 bridgehead atoms. The van der Waals surface area contributed by atoms with Crippen molar-refractivity contribution < 1.29 is 43.5 Å². The van der Waals surface area contributed by atoms with Gasteiger partial charge in [0.05, 0.1) is 0 Å². The second-order valence-electron chi connectivity index (χ2n) is 4.05. The van der Waals surface area contributed by atoms with E-state index in [0.717, 1.165) is 0 Å². The summed E-state index contributed by atoms with van der Waals surface area (Å²) in [5, 5.41) is 0. The van der Waals surface area contributed by atoms with Crippen LogP contribution in [0.25, 0.3) is 0 Å². The van der Waals surface area contributed by atoms with Crippen LogP contribution >= 0.6 is 0 Å². The van der Waals surface area contributed by atoms with E-state index in [1.807, 2.05) is 19.1 Å². The molecule has 0 atom stereocenters. The molecule has 6 heteroatoms. The number of hydrogen-bond acceptors (Lipinski definition) is 3. The molecule has 0 spiro atoms. The van der Waals surface area contributed by atoms with Crippen LogP contribution in [-0.4, -0.2) is 18.4 Å². The van der Waals surface area contributed by atoms with Crippen LogP contribution in [0.2, 0.25) is 0 Å². The maximum absolute atomic E-state index is 12.1. The Morgan fingerprint density at radius 2 is 1.27 bits per heavy atom. The Morgan fingerprint density at radius 3 is 1.64 bits per heavy atom. The van der Waals surface area contributed by atoms with E-state index < -0.39 is 32.4 Å². The Kier molecular flexibility index (Phi) is 6.84. The first-order chi connectivity index (χ1) is 10.7. The van der Waals surface area contributed by atoms with Crippen molar-refractivity contribution in [2.24, 2.45) is 0 Å². The summed E-state index contributed by atoms with van der Waals surface area (Å²) in [7, 11) is 0. The fourth-order valence-corrected chi connectivity index (χ4v) is 3.47. The molecule has 0 saturated carbocycles. The average Bonchev–Trinajstić information content (AvgIpc) is 2.56. The molecule has 124 valence electrons. The summed E-state index contributed by atoms with van der Waals surface area (Å²) < 4.78 is 11.0. The summed E-state index contributed by atoms with van der Waals surface area (Å²) in [6.45, 7) is 2.22. The summed E-state index contributed by atoms with van der Waals surface area (Å²) >= 11 is -2.09.